The second kappa shape index (κ2) is 20.9. The number of hydrogen-bond donors (Lipinski definition) is 2. The van der Waals surface area contributed by atoms with Gasteiger partial charge in [-0.1, -0.05) is 104 Å². The van der Waals surface area contributed by atoms with Crippen LogP contribution in [0, 0.1) is 0 Å². The highest BCUT2D eigenvalue weighted by Gasteiger charge is 2.14. The van der Waals surface area contributed by atoms with Crippen LogP contribution in [-0.2, 0) is 14.3 Å². The second-order valence-corrected chi connectivity index (χ2v) is 8.42. The predicted molar refractivity (Wildman–Crippen MR) is 122 cm³/mol. The Balaban J connectivity index is 4.01. The van der Waals surface area contributed by atoms with Crippen LogP contribution in [0.25, 0.3) is 0 Å². The minimum absolute atomic E-state index is 0.0797. The van der Waals surface area contributed by atoms with Crippen LogP contribution in [0.1, 0.15) is 129 Å². The van der Waals surface area contributed by atoms with Crippen molar-refractivity contribution < 1.29 is 24.5 Å². The van der Waals surface area contributed by atoms with E-state index in [1.54, 1.807) is 0 Å². The van der Waals surface area contributed by atoms with Crippen LogP contribution in [0.5, 0.6) is 0 Å². The number of allylic oxidation sites excluding steroid dienone is 1. The molecule has 0 fully saturated rings. The molecule has 30 heavy (non-hydrogen) atoms. The molecule has 0 saturated heterocycles. The van der Waals surface area contributed by atoms with Gasteiger partial charge in [-0.25, -0.2) is 4.79 Å². The third-order valence-electron chi connectivity index (χ3n) is 5.35. The fourth-order valence-corrected chi connectivity index (χ4v) is 3.54. The monoisotopic (exact) mass is 426 g/mol. The Morgan fingerprint density at radius 1 is 0.767 bits per heavy atom. The molecule has 2 N–H and O–H groups in total. The zero-order chi connectivity index (χ0) is 22.5. The van der Waals surface area contributed by atoms with Gasteiger partial charge < -0.3 is 14.9 Å². The maximum atomic E-state index is 12.1. The SMILES string of the molecule is CCCCCCCCCCCC(=CC(=O)O)OC(=O)CC(O)CCCCCCCC. The third-order valence-corrected chi connectivity index (χ3v) is 5.35. The van der Waals surface area contributed by atoms with E-state index < -0.39 is 18.0 Å². The molecule has 5 nitrogen and oxygen atoms in total. The minimum atomic E-state index is -1.11. The number of esters is 1. The Morgan fingerprint density at radius 2 is 1.23 bits per heavy atom. The number of unbranched alkanes of at least 4 members (excludes halogenated alkanes) is 13. The summed E-state index contributed by atoms with van der Waals surface area (Å²) in [5.41, 5.74) is 0. The van der Waals surface area contributed by atoms with Crippen molar-refractivity contribution in [1.82, 2.24) is 0 Å². The number of carbonyl (C=O) groups is 2. The first-order chi connectivity index (χ1) is 14.5. The smallest absolute Gasteiger partial charge is 0.331 e. The fourth-order valence-electron chi connectivity index (χ4n) is 3.54. The number of carboxylic acid groups (broad SMARTS) is 1. The maximum absolute atomic E-state index is 12.1. The zero-order valence-corrected chi connectivity index (χ0v) is 19.5. The molecule has 1 atom stereocenters. The lowest BCUT2D eigenvalue weighted by Gasteiger charge is -2.12. The van der Waals surface area contributed by atoms with Crippen molar-refractivity contribution in [3.8, 4) is 0 Å². The number of aliphatic carboxylic acids is 1. The van der Waals surface area contributed by atoms with Crippen molar-refractivity contribution in [1.29, 1.82) is 0 Å². The van der Waals surface area contributed by atoms with Gasteiger partial charge in [0.1, 0.15) is 5.76 Å². The Hall–Kier alpha value is -1.36. The number of aliphatic hydroxyl groups excluding tert-OH is 1. The lowest BCUT2D eigenvalue weighted by molar-refractivity contribution is -0.142. The molecule has 0 aromatic heterocycles. The Labute approximate surface area is 184 Å². The molecule has 0 aliphatic carbocycles. The summed E-state index contributed by atoms with van der Waals surface area (Å²) >= 11 is 0. The Kier molecular flexibility index (Phi) is 19.9. The van der Waals surface area contributed by atoms with E-state index in [9.17, 15) is 14.7 Å². The molecule has 0 radical (unpaired) electrons. The summed E-state index contributed by atoms with van der Waals surface area (Å²) in [5, 5.41) is 19.0. The quantitative estimate of drug-likeness (QED) is 0.0900. The number of rotatable bonds is 21. The second-order valence-electron chi connectivity index (χ2n) is 8.42. The average Bonchev–Trinajstić information content (AvgIpc) is 2.68. The molecule has 0 spiro atoms. The Morgan fingerprint density at radius 3 is 1.73 bits per heavy atom. The number of hydrogen-bond acceptors (Lipinski definition) is 4. The first kappa shape index (κ1) is 28.6. The van der Waals surface area contributed by atoms with E-state index in [4.69, 9.17) is 9.84 Å². The zero-order valence-electron chi connectivity index (χ0n) is 19.5. The molecule has 0 aliphatic heterocycles. The van der Waals surface area contributed by atoms with Crippen molar-refractivity contribution in [2.75, 3.05) is 0 Å². The van der Waals surface area contributed by atoms with Crippen molar-refractivity contribution in [3.63, 3.8) is 0 Å². The van der Waals surface area contributed by atoms with Crippen LogP contribution in [0.15, 0.2) is 11.8 Å². The van der Waals surface area contributed by atoms with E-state index in [-0.39, 0.29) is 12.2 Å². The van der Waals surface area contributed by atoms with Gasteiger partial charge in [0.2, 0.25) is 0 Å². The van der Waals surface area contributed by atoms with Gasteiger partial charge in [-0.15, -0.1) is 0 Å². The molecule has 0 bridgehead atoms. The van der Waals surface area contributed by atoms with Gasteiger partial charge >= 0.3 is 11.9 Å². The molecule has 5 heteroatoms. The van der Waals surface area contributed by atoms with Crippen molar-refractivity contribution in [3.05, 3.63) is 11.8 Å². The molecular weight excluding hydrogens is 380 g/mol. The lowest BCUT2D eigenvalue weighted by Crippen LogP contribution is -2.16. The number of ether oxygens (including phenoxy) is 1. The van der Waals surface area contributed by atoms with Crippen molar-refractivity contribution in [2.45, 2.75) is 136 Å². The summed E-state index contributed by atoms with van der Waals surface area (Å²) < 4.78 is 5.24. The number of aliphatic hydroxyl groups is 1. The van der Waals surface area contributed by atoms with E-state index in [1.165, 1.54) is 57.8 Å². The molecule has 0 aliphatic rings. The molecule has 0 heterocycles. The predicted octanol–water partition coefficient (Wildman–Crippen LogP) is 6.92. The molecule has 1 unspecified atom stereocenters. The number of carbonyl (C=O) groups excluding carboxylic acids is 1. The summed E-state index contributed by atoms with van der Waals surface area (Å²) in [6, 6.07) is 0. The van der Waals surface area contributed by atoms with Gasteiger partial charge in [0, 0.05) is 6.42 Å². The molecule has 0 aromatic rings. The van der Waals surface area contributed by atoms with Gasteiger partial charge in [-0.3, -0.25) is 4.79 Å². The standard InChI is InChI=1S/C25H46O5/c1-3-5-7-9-11-12-13-15-17-19-23(21-24(27)28)30-25(29)20-22(26)18-16-14-10-8-6-4-2/h21-22,26H,3-20H2,1-2H3,(H,27,28). The van der Waals surface area contributed by atoms with Gasteiger partial charge in [0.05, 0.1) is 18.6 Å². The highest BCUT2D eigenvalue weighted by atomic mass is 16.5. The molecule has 0 rings (SSSR count). The first-order valence-corrected chi connectivity index (χ1v) is 12.3. The van der Waals surface area contributed by atoms with E-state index in [2.05, 4.69) is 13.8 Å². The van der Waals surface area contributed by atoms with Gasteiger partial charge in [-0.2, -0.15) is 0 Å². The van der Waals surface area contributed by atoms with E-state index in [0.717, 1.165) is 44.6 Å². The summed E-state index contributed by atoms with van der Waals surface area (Å²) in [6.07, 6.45) is 18.5. The average molecular weight is 427 g/mol. The maximum Gasteiger partial charge on any atom is 0.331 e. The number of carboxylic acids is 1. The molecule has 0 aromatic carbocycles. The molecule has 0 amide bonds. The van der Waals surface area contributed by atoms with Gasteiger partial charge in [0.15, 0.2) is 0 Å². The lowest BCUT2D eigenvalue weighted by atomic mass is 10.1. The molecule has 176 valence electrons. The van der Waals surface area contributed by atoms with Crippen LogP contribution >= 0.6 is 0 Å². The van der Waals surface area contributed by atoms with E-state index in [0.29, 0.717) is 12.8 Å². The van der Waals surface area contributed by atoms with E-state index >= 15 is 0 Å². The van der Waals surface area contributed by atoms with Crippen LogP contribution < -0.4 is 0 Å². The van der Waals surface area contributed by atoms with E-state index in [1.807, 2.05) is 0 Å². The van der Waals surface area contributed by atoms with Crippen LogP contribution in [-0.4, -0.2) is 28.3 Å². The van der Waals surface area contributed by atoms with Gasteiger partial charge in [0.25, 0.3) is 0 Å². The topological polar surface area (TPSA) is 83.8 Å². The molecular formula is C25H46O5. The minimum Gasteiger partial charge on any atom is -0.478 e. The van der Waals surface area contributed by atoms with Crippen LogP contribution in [0.4, 0.5) is 0 Å². The first-order valence-electron chi connectivity index (χ1n) is 12.3. The third kappa shape index (κ3) is 19.9. The summed E-state index contributed by atoms with van der Waals surface area (Å²) in [7, 11) is 0. The fraction of sp³-hybridized carbons (Fsp3) is 0.840. The van der Waals surface area contributed by atoms with Crippen LogP contribution in [0.3, 0.4) is 0 Å². The normalized spacial score (nSPS) is 12.7. The van der Waals surface area contributed by atoms with Crippen molar-refractivity contribution >= 4 is 11.9 Å². The molecule has 0 saturated carbocycles. The van der Waals surface area contributed by atoms with Gasteiger partial charge in [-0.05, 0) is 12.8 Å². The summed E-state index contributed by atoms with van der Waals surface area (Å²) in [5.74, 6) is -1.46. The largest absolute Gasteiger partial charge is 0.478 e. The highest BCUT2D eigenvalue weighted by molar-refractivity contribution is 5.81. The van der Waals surface area contributed by atoms with Crippen molar-refractivity contribution in [2.24, 2.45) is 0 Å². The Bertz CT molecular complexity index is 458. The van der Waals surface area contributed by atoms with Crippen LogP contribution in [0.2, 0.25) is 0 Å². The highest BCUT2D eigenvalue weighted by Crippen LogP contribution is 2.16. The summed E-state index contributed by atoms with van der Waals surface area (Å²) in [4.78, 5) is 23.1. The summed E-state index contributed by atoms with van der Waals surface area (Å²) in [6.45, 7) is 4.39.